The largest absolute Gasteiger partial charge is 0.457 e. The zero-order valence-corrected chi connectivity index (χ0v) is 17.9. The number of nitrogens with zero attached hydrogens (tertiary/aromatic N) is 2. The van der Waals surface area contributed by atoms with E-state index in [2.05, 4.69) is 9.97 Å². The molecule has 1 aliphatic rings. The molecule has 0 atom stereocenters. The summed E-state index contributed by atoms with van der Waals surface area (Å²) >= 11 is 12.7. The third-order valence-electron chi connectivity index (χ3n) is 4.63. The predicted octanol–water partition coefficient (Wildman–Crippen LogP) is 5.88. The highest BCUT2D eigenvalue weighted by atomic mass is 35.5. The third-order valence-corrected chi connectivity index (χ3v) is 6.24. The Hall–Kier alpha value is -2.87. The lowest BCUT2D eigenvalue weighted by molar-refractivity contribution is -0.122. The van der Waals surface area contributed by atoms with Crippen molar-refractivity contribution in [2.45, 2.75) is 6.54 Å². The minimum Gasteiger partial charge on any atom is -0.457 e. The molecule has 0 bridgehead atoms. The summed E-state index contributed by atoms with van der Waals surface area (Å²) in [7, 11) is 0. The lowest BCUT2D eigenvalue weighted by atomic mass is 10.2. The number of para-hydroxylation sites is 2. The third kappa shape index (κ3) is 3.67. The molecule has 0 spiro atoms. The first-order valence-corrected chi connectivity index (χ1v) is 10.7. The van der Waals surface area contributed by atoms with Gasteiger partial charge in [0.05, 0.1) is 22.5 Å². The summed E-state index contributed by atoms with van der Waals surface area (Å²) in [6.45, 7) is 0.294. The molecule has 1 aliphatic heterocycles. The normalized spacial score (nSPS) is 15.6. The number of hydrogen-bond acceptors (Lipinski definition) is 5. The molecule has 4 aromatic rings. The first-order valence-electron chi connectivity index (χ1n) is 9.11. The van der Waals surface area contributed by atoms with Crippen molar-refractivity contribution in [1.82, 2.24) is 14.9 Å². The number of H-pyrrole nitrogens is 1. The molecule has 5 nitrogen and oxygen atoms in total. The van der Waals surface area contributed by atoms with Gasteiger partial charge < -0.3 is 9.40 Å². The molecule has 8 heteroatoms. The number of aromatic nitrogens is 2. The number of benzene rings is 2. The number of halogens is 1. The van der Waals surface area contributed by atoms with Crippen molar-refractivity contribution in [3.8, 4) is 11.3 Å². The van der Waals surface area contributed by atoms with Crippen LogP contribution in [0.3, 0.4) is 0 Å². The molecule has 2 aromatic heterocycles. The number of rotatable bonds is 4. The second kappa shape index (κ2) is 7.75. The summed E-state index contributed by atoms with van der Waals surface area (Å²) in [5.74, 6) is 1.79. The zero-order valence-electron chi connectivity index (χ0n) is 15.5. The molecule has 148 valence electrons. The van der Waals surface area contributed by atoms with Crippen molar-refractivity contribution >= 4 is 62.9 Å². The van der Waals surface area contributed by atoms with Crippen LogP contribution in [0.5, 0.6) is 0 Å². The maximum Gasteiger partial charge on any atom is 0.266 e. The van der Waals surface area contributed by atoms with Crippen LogP contribution in [0.2, 0.25) is 5.02 Å². The van der Waals surface area contributed by atoms with Crippen LogP contribution in [-0.4, -0.2) is 25.1 Å². The smallest absolute Gasteiger partial charge is 0.266 e. The molecule has 1 N–H and O–H groups in total. The van der Waals surface area contributed by atoms with E-state index in [1.807, 2.05) is 60.7 Å². The standard InChI is InChI=1S/C22H14ClN3O2S2/c23-14-5-3-4-13(10-14)18-9-8-15(28-18)11-19-21(27)26(22(29)30-19)12-20-24-16-6-1-2-7-17(16)25-20/h1-11H,12H2,(H,24,25)/b19-11-. The number of aromatic amines is 1. The van der Waals surface area contributed by atoms with Gasteiger partial charge in [0, 0.05) is 16.7 Å². The monoisotopic (exact) mass is 451 g/mol. The number of carbonyl (C=O) groups is 1. The number of hydrogen-bond donors (Lipinski definition) is 1. The topological polar surface area (TPSA) is 62.1 Å². The Kier molecular flexibility index (Phi) is 4.94. The molecule has 0 radical (unpaired) electrons. The fraction of sp³-hybridized carbons (Fsp3) is 0.0455. The van der Waals surface area contributed by atoms with Crippen molar-refractivity contribution in [3.05, 3.63) is 82.2 Å². The fourth-order valence-electron chi connectivity index (χ4n) is 3.22. The average molecular weight is 452 g/mol. The Bertz CT molecular complexity index is 1290. The van der Waals surface area contributed by atoms with Crippen LogP contribution < -0.4 is 0 Å². The van der Waals surface area contributed by atoms with Crippen LogP contribution in [0.25, 0.3) is 28.4 Å². The van der Waals surface area contributed by atoms with Gasteiger partial charge >= 0.3 is 0 Å². The first kappa shape index (κ1) is 19.1. The molecule has 2 aromatic carbocycles. The lowest BCUT2D eigenvalue weighted by Gasteiger charge is -2.12. The summed E-state index contributed by atoms with van der Waals surface area (Å²) < 4.78 is 6.38. The van der Waals surface area contributed by atoms with Gasteiger partial charge in [0.2, 0.25) is 0 Å². The highest BCUT2D eigenvalue weighted by Crippen LogP contribution is 2.34. The Labute approximate surface area is 186 Å². The van der Waals surface area contributed by atoms with E-state index in [4.69, 9.17) is 28.2 Å². The Balaban J connectivity index is 1.36. The van der Waals surface area contributed by atoms with Gasteiger partial charge in [-0.25, -0.2) is 4.98 Å². The Morgan fingerprint density at radius 2 is 2.03 bits per heavy atom. The minimum absolute atomic E-state index is 0.161. The number of amides is 1. The van der Waals surface area contributed by atoms with Crippen molar-refractivity contribution in [3.63, 3.8) is 0 Å². The Morgan fingerprint density at radius 1 is 1.17 bits per heavy atom. The van der Waals surface area contributed by atoms with Gasteiger partial charge in [-0.1, -0.05) is 59.8 Å². The van der Waals surface area contributed by atoms with E-state index in [1.54, 1.807) is 11.0 Å². The number of imidazole rings is 1. The van der Waals surface area contributed by atoms with Crippen molar-refractivity contribution in [1.29, 1.82) is 0 Å². The number of thioether (sulfide) groups is 1. The molecule has 5 rings (SSSR count). The molecule has 0 unspecified atom stereocenters. The van der Waals surface area contributed by atoms with Crippen LogP contribution in [0, 0.1) is 0 Å². The summed E-state index contributed by atoms with van der Waals surface area (Å²) in [4.78, 5) is 22.7. The second-order valence-electron chi connectivity index (χ2n) is 6.68. The van der Waals surface area contributed by atoms with Crippen LogP contribution in [0.15, 0.2) is 70.0 Å². The number of fused-ring (bicyclic) bond motifs is 1. The van der Waals surface area contributed by atoms with E-state index >= 15 is 0 Å². The van der Waals surface area contributed by atoms with Crippen LogP contribution in [-0.2, 0) is 11.3 Å². The van der Waals surface area contributed by atoms with E-state index in [-0.39, 0.29) is 5.91 Å². The first-order chi connectivity index (χ1) is 14.6. The maximum absolute atomic E-state index is 12.9. The predicted molar refractivity (Wildman–Crippen MR) is 124 cm³/mol. The van der Waals surface area contributed by atoms with E-state index in [9.17, 15) is 4.79 Å². The van der Waals surface area contributed by atoms with Gasteiger partial charge in [0.15, 0.2) is 0 Å². The van der Waals surface area contributed by atoms with Crippen molar-refractivity contribution in [2.24, 2.45) is 0 Å². The number of furan rings is 1. The molecule has 0 aliphatic carbocycles. The fourth-order valence-corrected chi connectivity index (χ4v) is 4.65. The maximum atomic E-state index is 12.9. The molecular weight excluding hydrogens is 438 g/mol. The molecule has 1 saturated heterocycles. The zero-order chi connectivity index (χ0) is 20.7. The van der Waals surface area contributed by atoms with Gasteiger partial charge in [-0.2, -0.15) is 0 Å². The highest BCUT2D eigenvalue weighted by molar-refractivity contribution is 8.26. The van der Waals surface area contributed by atoms with E-state index in [0.717, 1.165) is 16.6 Å². The van der Waals surface area contributed by atoms with E-state index in [1.165, 1.54) is 11.8 Å². The lowest BCUT2D eigenvalue weighted by Crippen LogP contribution is -2.27. The average Bonchev–Trinajstić information content (AvgIpc) is 3.43. The Morgan fingerprint density at radius 3 is 2.87 bits per heavy atom. The summed E-state index contributed by atoms with van der Waals surface area (Å²) in [5.41, 5.74) is 2.66. The molecule has 1 fully saturated rings. The van der Waals surface area contributed by atoms with Crippen LogP contribution >= 0.6 is 35.6 Å². The quantitative estimate of drug-likeness (QED) is 0.310. The molecule has 0 saturated carbocycles. The van der Waals surface area contributed by atoms with Gasteiger partial charge in [-0.05, 0) is 36.4 Å². The second-order valence-corrected chi connectivity index (χ2v) is 8.79. The van der Waals surface area contributed by atoms with Gasteiger partial charge in [0.1, 0.15) is 21.7 Å². The van der Waals surface area contributed by atoms with E-state index < -0.39 is 0 Å². The number of carbonyl (C=O) groups excluding carboxylic acids is 1. The van der Waals surface area contributed by atoms with Gasteiger partial charge in [-0.15, -0.1) is 0 Å². The summed E-state index contributed by atoms with van der Waals surface area (Å²) in [6, 6.07) is 18.8. The summed E-state index contributed by atoms with van der Waals surface area (Å²) in [5, 5.41) is 0.636. The minimum atomic E-state index is -0.161. The summed E-state index contributed by atoms with van der Waals surface area (Å²) in [6.07, 6.45) is 1.71. The van der Waals surface area contributed by atoms with Crippen LogP contribution in [0.4, 0.5) is 0 Å². The van der Waals surface area contributed by atoms with Gasteiger partial charge in [-0.3, -0.25) is 9.69 Å². The number of nitrogens with one attached hydrogen (secondary N) is 1. The van der Waals surface area contributed by atoms with E-state index in [0.29, 0.717) is 38.1 Å². The van der Waals surface area contributed by atoms with Crippen molar-refractivity contribution < 1.29 is 9.21 Å². The molecule has 3 heterocycles. The van der Waals surface area contributed by atoms with Crippen LogP contribution in [0.1, 0.15) is 11.6 Å². The highest BCUT2D eigenvalue weighted by Gasteiger charge is 2.33. The van der Waals surface area contributed by atoms with Crippen molar-refractivity contribution in [2.75, 3.05) is 0 Å². The SMILES string of the molecule is O=C1/C(=C/c2ccc(-c3cccc(Cl)c3)o2)SC(=S)N1Cc1nc2ccccc2[nH]1. The number of thiocarbonyl (C=S) groups is 1. The molecule has 1 amide bonds. The van der Waals surface area contributed by atoms with Gasteiger partial charge in [0.25, 0.3) is 5.91 Å². The molecular formula is C22H14ClN3O2S2. The molecule has 30 heavy (non-hydrogen) atoms.